The minimum atomic E-state index is 0.0799. The van der Waals surface area contributed by atoms with Crippen LogP contribution in [0, 0.1) is 0 Å². The third kappa shape index (κ3) is 2.34. The second kappa shape index (κ2) is 5.24. The Labute approximate surface area is 112 Å². The van der Waals surface area contributed by atoms with Gasteiger partial charge in [0, 0.05) is 13.1 Å². The fraction of sp³-hybridized carbons (Fsp3) is 0.538. The first kappa shape index (κ1) is 12.5. The molecule has 1 aromatic carbocycles. The zero-order chi connectivity index (χ0) is 13.2. The molecule has 1 aliphatic heterocycles. The minimum Gasteiger partial charge on any atom is -0.379 e. The Balaban J connectivity index is 1.99. The van der Waals surface area contributed by atoms with Crippen LogP contribution in [0.25, 0.3) is 11.0 Å². The third-order valence-electron chi connectivity index (χ3n) is 3.43. The lowest BCUT2D eigenvalue weighted by molar-refractivity contribution is -0.0539. The monoisotopic (exact) mass is 261 g/mol. The van der Waals surface area contributed by atoms with Gasteiger partial charge >= 0.3 is 0 Å². The lowest BCUT2D eigenvalue weighted by atomic mass is 10.3. The third-order valence-corrected chi connectivity index (χ3v) is 3.43. The van der Waals surface area contributed by atoms with E-state index in [-0.39, 0.29) is 6.29 Å². The van der Waals surface area contributed by atoms with Gasteiger partial charge in [-0.15, -0.1) is 5.10 Å². The number of para-hydroxylation sites is 1. The smallest absolute Gasteiger partial charge is 0.162 e. The summed E-state index contributed by atoms with van der Waals surface area (Å²) in [4.78, 5) is 4.52. The topological polar surface area (TPSA) is 46.4 Å². The maximum atomic E-state index is 5.43. The summed E-state index contributed by atoms with van der Waals surface area (Å²) in [5.74, 6) is 0. The van der Waals surface area contributed by atoms with E-state index in [0.717, 1.165) is 37.3 Å². The van der Waals surface area contributed by atoms with Crippen LogP contribution in [0.2, 0.25) is 0 Å². The Morgan fingerprint density at radius 1 is 1.21 bits per heavy atom. The molecule has 1 fully saturated rings. The van der Waals surface area contributed by atoms with Crippen molar-refractivity contribution >= 4 is 11.0 Å². The van der Waals surface area contributed by atoms with Crippen molar-refractivity contribution in [2.45, 2.75) is 6.29 Å². The fourth-order valence-electron chi connectivity index (χ4n) is 2.57. The number of hydrogen-bond acceptors (Lipinski definition) is 5. The van der Waals surface area contributed by atoms with Crippen LogP contribution in [0.5, 0.6) is 0 Å². The number of ether oxygens (including phenoxy) is 1. The number of nitrogens with zero attached hydrogens (tertiary/aromatic N) is 5. The molecular formula is C13H19N5O. The van der Waals surface area contributed by atoms with Crippen LogP contribution in [0.3, 0.4) is 0 Å². The molecule has 1 unspecified atom stereocenters. The summed E-state index contributed by atoms with van der Waals surface area (Å²) in [5, 5.41) is 8.58. The number of hydrogen-bond donors (Lipinski definition) is 0. The van der Waals surface area contributed by atoms with Gasteiger partial charge in [0.2, 0.25) is 0 Å². The van der Waals surface area contributed by atoms with Crippen LogP contribution in [-0.2, 0) is 4.74 Å². The van der Waals surface area contributed by atoms with Crippen LogP contribution < -0.4 is 0 Å². The Kier molecular flexibility index (Phi) is 3.46. The number of aromatic nitrogens is 3. The highest BCUT2D eigenvalue weighted by atomic mass is 16.5. The number of morpholine rings is 1. The molecule has 1 aliphatic rings. The fourth-order valence-corrected chi connectivity index (χ4v) is 2.57. The maximum Gasteiger partial charge on any atom is 0.162 e. The van der Waals surface area contributed by atoms with Crippen LogP contribution in [0.4, 0.5) is 0 Å². The highest BCUT2D eigenvalue weighted by Crippen LogP contribution is 2.21. The van der Waals surface area contributed by atoms with E-state index in [4.69, 9.17) is 4.74 Å². The average molecular weight is 261 g/mol. The largest absolute Gasteiger partial charge is 0.379 e. The van der Waals surface area contributed by atoms with Crippen LogP contribution in [-0.4, -0.2) is 65.2 Å². The van der Waals surface area contributed by atoms with Crippen LogP contribution in [0.1, 0.15) is 6.29 Å². The summed E-state index contributed by atoms with van der Waals surface area (Å²) in [6.45, 7) is 3.38. The maximum absolute atomic E-state index is 5.43. The van der Waals surface area contributed by atoms with Crippen molar-refractivity contribution in [2.24, 2.45) is 0 Å². The van der Waals surface area contributed by atoms with Gasteiger partial charge in [0.05, 0.1) is 18.7 Å². The first-order valence-electron chi connectivity index (χ1n) is 6.55. The summed E-state index contributed by atoms with van der Waals surface area (Å²) in [6, 6.07) is 8.06. The van der Waals surface area contributed by atoms with E-state index in [9.17, 15) is 0 Å². The van der Waals surface area contributed by atoms with Gasteiger partial charge < -0.3 is 4.74 Å². The van der Waals surface area contributed by atoms with Gasteiger partial charge in [-0.05, 0) is 26.2 Å². The molecule has 0 spiro atoms. The predicted molar refractivity (Wildman–Crippen MR) is 72.6 cm³/mol. The molecule has 0 N–H and O–H groups in total. The summed E-state index contributed by atoms with van der Waals surface area (Å²) < 4.78 is 7.42. The van der Waals surface area contributed by atoms with Gasteiger partial charge in [-0.25, -0.2) is 4.68 Å². The zero-order valence-electron chi connectivity index (χ0n) is 11.4. The van der Waals surface area contributed by atoms with Gasteiger partial charge in [0.1, 0.15) is 5.52 Å². The quantitative estimate of drug-likeness (QED) is 0.817. The van der Waals surface area contributed by atoms with E-state index in [1.807, 2.05) is 22.9 Å². The van der Waals surface area contributed by atoms with E-state index in [0.29, 0.717) is 0 Å². The van der Waals surface area contributed by atoms with Crippen molar-refractivity contribution in [3.63, 3.8) is 0 Å². The van der Waals surface area contributed by atoms with E-state index >= 15 is 0 Å². The van der Waals surface area contributed by atoms with Crippen LogP contribution in [0.15, 0.2) is 24.3 Å². The number of rotatable bonds is 3. The molecule has 0 bridgehead atoms. The molecule has 6 heteroatoms. The lowest BCUT2D eigenvalue weighted by Crippen LogP contribution is -2.47. The molecular weight excluding hydrogens is 242 g/mol. The second-order valence-corrected chi connectivity index (χ2v) is 4.98. The van der Waals surface area contributed by atoms with Crippen molar-refractivity contribution in [3.05, 3.63) is 24.3 Å². The molecule has 0 amide bonds. The van der Waals surface area contributed by atoms with Crippen molar-refractivity contribution < 1.29 is 4.74 Å². The first-order valence-corrected chi connectivity index (χ1v) is 6.55. The summed E-state index contributed by atoms with van der Waals surface area (Å²) >= 11 is 0. The van der Waals surface area contributed by atoms with Crippen molar-refractivity contribution in [1.82, 2.24) is 24.8 Å². The molecule has 102 valence electrons. The molecule has 0 saturated carbocycles. The molecule has 1 saturated heterocycles. The van der Waals surface area contributed by atoms with Gasteiger partial charge in [-0.3, -0.25) is 9.80 Å². The molecule has 19 heavy (non-hydrogen) atoms. The van der Waals surface area contributed by atoms with E-state index < -0.39 is 0 Å². The molecule has 0 aliphatic carbocycles. The molecule has 2 heterocycles. The second-order valence-electron chi connectivity index (χ2n) is 4.98. The Hall–Kier alpha value is -1.50. The Bertz CT molecular complexity index is 547. The van der Waals surface area contributed by atoms with Gasteiger partial charge in [-0.1, -0.05) is 17.3 Å². The number of benzene rings is 1. The molecule has 3 rings (SSSR count). The molecule has 6 nitrogen and oxygen atoms in total. The average Bonchev–Trinajstić information content (AvgIpc) is 2.84. The molecule has 0 radical (unpaired) electrons. The SMILES string of the molecule is CN(C)C(N1CCOCC1)n1nnc2ccccc21. The summed E-state index contributed by atoms with van der Waals surface area (Å²) in [5.41, 5.74) is 2.00. The van der Waals surface area contributed by atoms with Crippen LogP contribution >= 0.6 is 0 Å². The predicted octanol–water partition coefficient (Wildman–Crippen LogP) is 0.781. The van der Waals surface area contributed by atoms with Gasteiger partial charge in [0.25, 0.3) is 0 Å². The van der Waals surface area contributed by atoms with Crippen molar-refractivity contribution in [3.8, 4) is 0 Å². The minimum absolute atomic E-state index is 0.0799. The highest BCUT2D eigenvalue weighted by Gasteiger charge is 2.26. The standard InChI is InChI=1S/C13H19N5O/c1-16(2)13(17-7-9-19-10-8-17)18-12-6-4-3-5-11(12)14-15-18/h3-6,13H,7-10H2,1-2H3. The summed E-state index contributed by atoms with van der Waals surface area (Å²) in [7, 11) is 4.13. The van der Waals surface area contributed by atoms with Crippen molar-refractivity contribution in [1.29, 1.82) is 0 Å². The molecule has 2 aromatic rings. The van der Waals surface area contributed by atoms with Gasteiger partial charge in [-0.2, -0.15) is 0 Å². The van der Waals surface area contributed by atoms with E-state index in [2.05, 4.69) is 40.3 Å². The van der Waals surface area contributed by atoms with Gasteiger partial charge in [0.15, 0.2) is 6.29 Å². The normalized spacial score (nSPS) is 19.1. The summed E-state index contributed by atoms with van der Waals surface area (Å²) in [6.07, 6.45) is 0.0799. The van der Waals surface area contributed by atoms with Crippen molar-refractivity contribution in [2.75, 3.05) is 40.4 Å². The zero-order valence-corrected chi connectivity index (χ0v) is 11.4. The Morgan fingerprint density at radius 3 is 2.68 bits per heavy atom. The number of fused-ring (bicyclic) bond motifs is 1. The molecule has 1 aromatic heterocycles. The Morgan fingerprint density at radius 2 is 1.95 bits per heavy atom. The highest BCUT2D eigenvalue weighted by molar-refractivity contribution is 5.73. The van der Waals surface area contributed by atoms with E-state index in [1.165, 1.54) is 0 Å². The van der Waals surface area contributed by atoms with E-state index in [1.54, 1.807) is 0 Å². The first-order chi connectivity index (χ1) is 9.27. The lowest BCUT2D eigenvalue weighted by Gasteiger charge is -2.37. The molecule has 1 atom stereocenters.